The molecule has 0 bridgehead atoms. The highest BCUT2D eigenvalue weighted by Crippen LogP contribution is 2.20. The molecule has 0 atom stereocenters. The van der Waals surface area contributed by atoms with Crippen molar-refractivity contribution in [3.8, 4) is 5.75 Å². The second-order valence-corrected chi connectivity index (χ2v) is 3.62. The summed E-state index contributed by atoms with van der Waals surface area (Å²) in [4.78, 5) is 23.9. The van der Waals surface area contributed by atoms with Gasteiger partial charge in [0.25, 0.3) is 11.8 Å². The summed E-state index contributed by atoms with van der Waals surface area (Å²) in [5.74, 6) is 0.0268. The van der Waals surface area contributed by atoms with Crippen LogP contribution in [0.15, 0.2) is 36.0 Å². The average Bonchev–Trinajstić information content (AvgIpc) is 2.57. The molecule has 0 radical (unpaired) electrons. The Morgan fingerprint density at radius 2 is 2.06 bits per heavy atom. The van der Waals surface area contributed by atoms with Gasteiger partial charge in [-0.15, -0.1) is 0 Å². The lowest BCUT2D eigenvalue weighted by atomic mass is 10.3. The fraction of sp³-hybridized carbons (Fsp3) is 0.167. The summed E-state index contributed by atoms with van der Waals surface area (Å²) in [5, 5.41) is 2.90. The van der Waals surface area contributed by atoms with Crippen LogP contribution in [-0.4, -0.2) is 30.9 Å². The van der Waals surface area contributed by atoms with E-state index in [1.807, 2.05) is 0 Å². The molecule has 1 aliphatic rings. The molecule has 1 aliphatic heterocycles. The lowest BCUT2D eigenvalue weighted by Crippen LogP contribution is -2.27. The highest BCUT2D eigenvalue weighted by Gasteiger charge is 2.27. The number of nitrogens with zero attached hydrogens (tertiary/aromatic N) is 1. The highest BCUT2D eigenvalue weighted by molar-refractivity contribution is 6.17. The van der Waals surface area contributed by atoms with Crippen LogP contribution in [0.25, 0.3) is 0 Å². The van der Waals surface area contributed by atoms with E-state index in [0.29, 0.717) is 11.4 Å². The van der Waals surface area contributed by atoms with Crippen LogP contribution in [0.1, 0.15) is 0 Å². The second-order valence-electron chi connectivity index (χ2n) is 3.62. The molecule has 17 heavy (non-hydrogen) atoms. The largest absolute Gasteiger partial charge is 0.497 e. The monoisotopic (exact) mass is 232 g/mol. The SMILES string of the molecule is COc1cccc(NC2=CC(=O)N(C)C2=O)c1. The average molecular weight is 232 g/mol. The molecule has 0 aliphatic carbocycles. The zero-order valence-electron chi connectivity index (χ0n) is 9.56. The Balaban J connectivity index is 2.19. The normalized spacial score (nSPS) is 14.9. The summed E-state index contributed by atoms with van der Waals surface area (Å²) in [7, 11) is 3.01. The first kappa shape index (κ1) is 11.2. The van der Waals surface area contributed by atoms with Gasteiger partial charge in [0.15, 0.2) is 0 Å². The van der Waals surface area contributed by atoms with E-state index in [2.05, 4.69) is 5.32 Å². The number of likely N-dealkylation sites (N-methyl/N-ethyl adjacent to an activating group) is 1. The van der Waals surface area contributed by atoms with Gasteiger partial charge in [-0.3, -0.25) is 14.5 Å². The third-order valence-corrected chi connectivity index (χ3v) is 2.48. The van der Waals surface area contributed by atoms with Gasteiger partial charge in [0, 0.05) is 24.9 Å². The van der Waals surface area contributed by atoms with E-state index in [-0.39, 0.29) is 17.5 Å². The number of rotatable bonds is 3. The summed E-state index contributed by atoms with van der Waals surface area (Å²) in [5.41, 5.74) is 0.970. The number of imide groups is 1. The van der Waals surface area contributed by atoms with E-state index in [0.717, 1.165) is 4.90 Å². The molecule has 0 saturated heterocycles. The maximum Gasteiger partial charge on any atom is 0.277 e. The van der Waals surface area contributed by atoms with E-state index < -0.39 is 0 Å². The molecular weight excluding hydrogens is 220 g/mol. The van der Waals surface area contributed by atoms with Crippen molar-refractivity contribution in [3.63, 3.8) is 0 Å². The Bertz CT molecular complexity index is 508. The Labute approximate surface area is 98.7 Å². The van der Waals surface area contributed by atoms with Crippen molar-refractivity contribution < 1.29 is 14.3 Å². The van der Waals surface area contributed by atoms with Crippen LogP contribution in [0, 0.1) is 0 Å². The molecule has 2 rings (SSSR count). The first-order valence-corrected chi connectivity index (χ1v) is 5.06. The maximum atomic E-state index is 11.6. The molecule has 2 amide bonds. The Morgan fingerprint density at radius 1 is 1.29 bits per heavy atom. The summed E-state index contributed by atoms with van der Waals surface area (Å²) >= 11 is 0. The number of anilines is 1. The fourth-order valence-electron chi connectivity index (χ4n) is 1.51. The third-order valence-electron chi connectivity index (χ3n) is 2.48. The Hall–Kier alpha value is -2.30. The smallest absolute Gasteiger partial charge is 0.277 e. The predicted molar refractivity (Wildman–Crippen MR) is 62.5 cm³/mol. The van der Waals surface area contributed by atoms with E-state index in [4.69, 9.17) is 4.74 Å². The van der Waals surface area contributed by atoms with E-state index >= 15 is 0 Å². The van der Waals surface area contributed by atoms with Gasteiger partial charge in [-0.05, 0) is 12.1 Å². The lowest BCUT2D eigenvalue weighted by molar-refractivity contribution is -0.135. The van der Waals surface area contributed by atoms with Gasteiger partial charge in [-0.1, -0.05) is 6.07 Å². The molecule has 1 N–H and O–H groups in total. The maximum absolute atomic E-state index is 11.6. The first-order valence-electron chi connectivity index (χ1n) is 5.06. The molecule has 0 unspecified atom stereocenters. The van der Waals surface area contributed by atoms with Gasteiger partial charge in [-0.2, -0.15) is 0 Å². The number of amides is 2. The van der Waals surface area contributed by atoms with Crippen LogP contribution in [0.5, 0.6) is 5.75 Å². The molecule has 0 saturated carbocycles. The molecule has 0 spiro atoms. The van der Waals surface area contributed by atoms with Gasteiger partial charge < -0.3 is 10.1 Å². The molecule has 88 valence electrons. The van der Waals surface area contributed by atoms with Crippen LogP contribution in [0.2, 0.25) is 0 Å². The van der Waals surface area contributed by atoms with Crippen molar-refractivity contribution in [1.29, 1.82) is 0 Å². The summed E-state index contributed by atoms with van der Waals surface area (Å²) in [6.45, 7) is 0. The van der Waals surface area contributed by atoms with Gasteiger partial charge in [-0.25, -0.2) is 0 Å². The number of hydrogen-bond donors (Lipinski definition) is 1. The van der Waals surface area contributed by atoms with Crippen molar-refractivity contribution in [1.82, 2.24) is 4.90 Å². The van der Waals surface area contributed by atoms with Crippen LogP contribution in [0.3, 0.4) is 0 Å². The highest BCUT2D eigenvalue weighted by atomic mass is 16.5. The van der Waals surface area contributed by atoms with Crippen LogP contribution >= 0.6 is 0 Å². The summed E-state index contributed by atoms with van der Waals surface area (Å²) in [6, 6.07) is 7.14. The number of ether oxygens (including phenoxy) is 1. The minimum atomic E-state index is -0.335. The van der Waals surface area contributed by atoms with Crippen molar-refractivity contribution in [2.45, 2.75) is 0 Å². The standard InChI is InChI=1S/C12H12N2O3/c1-14-11(15)7-10(12(14)16)13-8-4-3-5-9(6-8)17-2/h3-7,13H,1-2H3. The van der Waals surface area contributed by atoms with Crippen molar-refractivity contribution >= 4 is 17.5 Å². The van der Waals surface area contributed by atoms with Gasteiger partial charge in [0.05, 0.1) is 7.11 Å². The summed E-state index contributed by atoms with van der Waals surface area (Å²) in [6.07, 6.45) is 1.28. The quantitative estimate of drug-likeness (QED) is 0.789. The van der Waals surface area contributed by atoms with Gasteiger partial charge in [0.2, 0.25) is 0 Å². The minimum absolute atomic E-state index is 0.269. The number of carbonyl (C=O) groups excluding carboxylic acids is 2. The Morgan fingerprint density at radius 3 is 2.65 bits per heavy atom. The number of hydrogen-bond acceptors (Lipinski definition) is 4. The molecule has 1 aromatic rings. The zero-order valence-corrected chi connectivity index (χ0v) is 9.56. The van der Waals surface area contributed by atoms with Crippen LogP contribution < -0.4 is 10.1 Å². The van der Waals surface area contributed by atoms with Crippen LogP contribution in [0.4, 0.5) is 5.69 Å². The number of nitrogens with one attached hydrogen (secondary N) is 1. The molecule has 1 aromatic carbocycles. The van der Waals surface area contributed by atoms with Crippen molar-refractivity contribution in [3.05, 3.63) is 36.0 Å². The lowest BCUT2D eigenvalue weighted by Gasteiger charge is -2.09. The van der Waals surface area contributed by atoms with Gasteiger partial charge in [0.1, 0.15) is 11.4 Å². The number of methoxy groups -OCH3 is 1. The van der Waals surface area contributed by atoms with Crippen LogP contribution in [-0.2, 0) is 9.59 Å². The topological polar surface area (TPSA) is 58.6 Å². The number of carbonyl (C=O) groups is 2. The van der Waals surface area contributed by atoms with Gasteiger partial charge >= 0.3 is 0 Å². The number of benzene rings is 1. The summed E-state index contributed by atoms with van der Waals surface area (Å²) < 4.78 is 5.07. The van der Waals surface area contributed by atoms with Crippen molar-refractivity contribution in [2.75, 3.05) is 19.5 Å². The first-order chi connectivity index (χ1) is 8.11. The zero-order chi connectivity index (χ0) is 12.4. The third kappa shape index (κ3) is 2.13. The molecule has 1 heterocycles. The molecule has 0 fully saturated rings. The Kier molecular flexibility index (Phi) is 2.82. The predicted octanol–water partition coefficient (Wildman–Crippen LogP) is 0.990. The fourth-order valence-corrected chi connectivity index (χ4v) is 1.51. The second kappa shape index (κ2) is 4.29. The van der Waals surface area contributed by atoms with E-state index in [1.54, 1.807) is 31.4 Å². The van der Waals surface area contributed by atoms with Crippen molar-refractivity contribution in [2.24, 2.45) is 0 Å². The molecule has 0 aromatic heterocycles. The van der Waals surface area contributed by atoms with E-state index in [1.165, 1.54) is 13.1 Å². The minimum Gasteiger partial charge on any atom is -0.497 e. The molecule has 5 heteroatoms. The molecular formula is C12H12N2O3. The molecule has 5 nitrogen and oxygen atoms in total. The van der Waals surface area contributed by atoms with E-state index in [9.17, 15) is 9.59 Å².